The normalized spacial score (nSPS) is 17.6. The van der Waals surface area contributed by atoms with E-state index in [1.807, 2.05) is 18.2 Å². The van der Waals surface area contributed by atoms with Crippen molar-refractivity contribution in [2.24, 2.45) is 0 Å². The van der Waals surface area contributed by atoms with E-state index in [-0.39, 0.29) is 17.7 Å². The molecule has 0 radical (unpaired) electrons. The summed E-state index contributed by atoms with van der Waals surface area (Å²) in [6.45, 7) is 0. The summed E-state index contributed by atoms with van der Waals surface area (Å²) in [5.41, 5.74) is 2.77. The predicted octanol–water partition coefficient (Wildman–Crippen LogP) is 3.31. The zero-order valence-electron chi connectivity index (χ0n) is 14.1. The molecule has 0 N–H and O–H groups in total. The third-order valence-electron chi connectivity index (χ3n) is 4.46. The summed E-state index contributed by atoms with van der Waals surface area (Å²) in [6.07, 6.45) is 4.07. The van der Waals surface area contributed by atoms with Crippen LogP contribution in [0.3, 0.4) is 0 Å². The van der Waals surface area contributed by atoms with Gasteiger partial charge in [0.25, 0.3) is 0 Å². The van der Waals surface area contributed by atoms with Gasteiger partial charge in [0.1, 0.15) is 5.78 Å². The summed E-state index contributed by atoms with van der Waals surface area (Å²) in [5.74, 6) is 0.542. The third-order valence-corrected chi connectivity index (χ3v) is 4.46. The Morgan fingerprint density at radius 3 is 2.54 bits per heavy atom. The van der Waals surface area contributed by atoms with Crippen LogP contribution in [0.2, 0.25) is 0 Å². The number of Topliss-reactive ketones (excluding diaryl/α,β-unsaturated/α-hetero) is 1. The van der Waals surface area contributed by atoms with Crippen molar-refractivity contribution in [1.82, 2.24) is 9.97 Å². The lowest BCUT2D eigenvalue weighted by molar-refractivity contribution is -0.122. The molecule has 1 unspecified atom stereocenters. The van der Waals surface area contributed by atoms with Crippen molar-refractivity contribution in [3.63, 3.8) is 0 Å². The van der Waals surface area contributed by atoms with Crippen molar-refractivity contribution in [2.75, 3.05) is 14.2 Å². The monoisotopic (exact) mass is 326 g/mol. The number of carbonyl (C=O) groups is 1. The fourth-order valence-corrected chi connectivity index (χ4v) is 3.25. The second kappa shape index (κ2) is 7.43. The van der Waals surface area contributed by atoms with Gasteiger partial charge in [0, 0.05) is 18.4 Å². The minimum atomic E-state index is -0.191. The van der Waals surface area contributed by atoms with Crippen molar-refractivity contribution >= 4 is 5.78 Å². The van der Waals surface area contributed by atoms with Gasteiger partial charge in [-0.1, -0.05) is 36.8 Å². The highest BCUT2D eigenvalue weighted by molar-refractivity contribution is 5.86. The van der Waals surface area contributed by atoms with Crippen molar-refractivity contribution < 1.29 is 14.3 Å². The molecule has 126 valence electrons. The first-order valence-electron chi connectivity index (χ1n) is 8.28. The van der Waals surface area contributed by atoms with E-state index in [9.17, 15) is 4.79 Å². The van der Waals surface area contributed by atoms with Gasteiger partial charge in [-0.3, -0.25) is 4.79 Å². The molecule has 1 aromatic carbocycles. The Kier molecular flexibility index (Phi) is 5.08. The van der Waals surface area contributed by atoms with Crippen molar-refractivity contribution in [1.29, 1.82) is 0 Å². The fraction of sp³-hybridized carbons (Fsp3) is 0.421. The van der Waals surface area contributed by atoms with Crippen molar-refractivity contribution in [2.45, 2.75) is 38.0 Å². The van der Waals surface area contributed by atoms with Crippen LogP contribution in [0.4, 0.5) is 0 Å². The van der Waals surface area contributed by atoms with Crippen LogP contribution in [0.15, 0.2) is 30.3 Å². The highest BCUT2D eigenvalue weighted by atomic mass is 16.5. The molecule has 0 spiro atoms. The van der Waals surface area contributed by atoms with Crippen LogP contribution in [0.5, 0.6) is 11.9 Å². The number of ketones is 1. The van der Waals surface area contributed by atoms with E-state index in [1.54, 1.807) is 7.11 Å². The first-order chi connectivity index (χ1) is 11.7. The largest absolute Gasteiger partial charge is 0.481 e. The number of aromatic nitrogens is 2. The zero-order valence-corrected chi connectivity index (χ0v) is 14.1. The quantitative estimate of drug-likeness (QED) is 0.843. The number of hydrogen-bond acceptors (Lipinski definition) is 5. The SMILES string of the molecule is COc1nc(OC)c(Cc2ccccc2)c(C2CCCCC2=O)n1. The van der Waals surface area contributed by atoms with Crippen LogP contribution < -0.4 is 9.47 Å². The zero-order chi connectivity index (χ0) is 16.9. The molecular weight excluding hydrogens is 304 g/mol. The molecule has 1 atom stereocenters. The molecule has 1 heterocycles. The molecule has 1 aliphatic carbocycles. The third kappa shape index (κ3) is 3.40. The molecule has 0 aliphatic heterocycles. The molecule has 5 nitrogen and oxygen atoms in total. The first kappa shape index (κ1) is 16.4. The second-order valence-corrected chi connectivity index (χ2v) is 6.01. The van der Waals surface area contributed by atoms with Gasteiger partial charge < -0.3 is 9.47 Å². The molecule has 3 rings (SSSR count). The number of nitrogens with zero attached hydrogens (tertiary/aromatic N) is 2. The maximum absolute atomic E-state index is 12.5. The van der Waals surface area contributed by atoms with E-state index in [0.717, 1.165) is 36.1 Å². The first-order valence-corrected chi connectivity index (χ1v) is 8.28. The summed E-state index contributed by atoms with van der Waals surface area (Å²) >= 11 is 0. The molecule has 5 heteroatoms. The number of methoxy groups -OCH3 is 2. The van der Waals surface area contributed by atoms with Crippen LogP contribution >= 0.6 is 0 Å². The number of rotatable bonds is 5. The summed E-state index contributed by atoms with van der Waals surface area (Å²) in [7, 11) is 3.11. The molecule has 24 heavy (non-hydrogen) atoms. The molecule has 1 fully saturated rings. The van der Waals surface area contributed by atoms with Gasteiger partial charge in [0.2, 0.25) is 5.88 Å². The number of carbonyl (C=O) groups excluding carboxylic acids is 1. The Hall–Kier alpha value is -2.43. The van der Waals surface area contributed by atoms with Crippen molar-refractivity contribution in [3.05, 3.63) is 47.2 Å². The molecular formula is C19H22N2O3. The van der Waals surface area contributed by atoms with E-state index in [0.29, 0.717) is 18.7 Å². The summed E-state index contributed by atoms with van der Waals surface area (Å²) in [5, 5.41) is 0. The van der Waals surface area contributed by atoms with Gasteiger partial charge in [-0.2, -0.15) is 9.97 Å². The average molecular weight is 326 g/mol. The van der Waals surface area contributed by atoms with Crippen LogP contribution in [-0.4, -0.2) is 30.0 Å². The van der Waals surface area contributed by atoms with Crippen LogP contribution in [0.1, 0.15) is 48.4 Å². The van der Waals surface area contributed by atoms with Crippen LogP contribution in [0, 0.1) is 0 Å². The maximum Gasteiger partial charge on any atom is 0.319 e. The Morgan fingerprint density at radius 2 is 1.88 bits per heavy atom. The second-order valence-electron chi connectivity index (χ2n) is 6.01. The molecule has 0 amide bonds. The van der Waals surface area contributed by atoms with Crippen LogP contribution in [0.25, 0.3) is 0 Å². The van der Waals surface area contributed by atoms with E-state index in [4.69, 9.17) is 9.47 Å². The minimum absolute atomic E-state index is 0.191. The standard InChI is InChI=1S/C19H22N2O3/c1-23-18-15(12-13-8-4-3-5-9-13)17(20-19(21-18)24-2)14-10-6-7-11-16(14)22/h3-5,8-9,14H,6-7,10-12H2,1-2H3. The van der Waals surface area contributed by atoms with E-state index >= 15 is 0 Å². The van der Waals surface area contributed by atoms with Gasteiger partial charge in [-0.05, 0) is 18.4 Å². The summed E-state index contributed by atoms with van der Waals surface area (Å²) in [6, 6.07) is 10.3. The topological polar surface area (TPSA) is 61.3 Å². The molecule has 0 saturated heterocycles. The molecule has 1 aliphatic rings. The van der Waals surface area contributed by atoms with Crippen LogP contribution in [-0.2, 0) is 11.2 Å². The molecule has 2 aromatic rings. The Balaban J connectivity index is 2.08. The molecule has 0 bridgehead atoms. The molecule has 1 saturated carbocycles. The van der Waals surface area contributed by atoms with Gasteiger partial charge in [0.05, 0.1) is 25.8 Å². The van der Waals surface area contributed by atoms with E-state index < -0.39 is 0 Å². The van der Waals surface area contributed by atoms with Gasteiger partial charge in [-0.25, -0.2) is 0 Å². The lowest BCUT2D eigenvalue weighted by Crippen LogP contribution is -2.21. The van der Waals surface area contributed by atoms with Gasteiger partial charge in [-0.15, -0.1) is 0 Å². The summed E-state index contributed by atoms with van der Waals surface area (Å²) in [4.78, 5) is 21.3. The molecule has 1 aromatic heterocycles. The highest BCUT2D eigenvalue weighted by Crippen LogP contribution is 2.35. The fourth-order valence-electron chi connectivity index (χ4n) is 3.25. The number of ether oxygens (including phenoxy) is 2. The Morgan fingerprint density at radius 1 is 1.08 bits per heavy atom. The van der Waals surface area contributed by atoms with Crippen molar-refractivity contribution in [3.8, 4) is 11.9 Å². The smallest absolute Gasteiger partial charge is 0.319 e. The lowest BCUT2D eigenvalue weighted by Gasteiger charge is -2.23. The lowest BCUT2D eigenvalue weighted by atomic mass is 9.83. The Labute approximate surface area is 142 Å². The number of benzene rings is 1. The number of hydrogen-bond donors (Lipinski definition) is 0. The highest BCUT2D eigenvalue weighted by Gasteiger charge is 2.30. The van der Waals surface area contributed by atoms with E-state index in [1.165, 1.54) is 7.11 Å². The van der Waals surface area contributed by atoms with E-state index in [2.05, 4.69) is 22.1 Å². The minimum Gasteiger partial charge on any atom is -0.481 e. The van der Waals surface area contributed by atoms with Gasteiger partial charge >= 0.3 is 6.01 Å². The predicted molar refractivity (Wildman–Crippen MR) is 90.6 cm³/mol. The summed E-state index contributed by atoms with van der Waals surface area (Å²) < 4.78 is 10.7. The maximum atomic E-state index is 12.5. The average Bonchev–Trinajstić information content (AvgIpc) is 2.63. The van der Waals surface area contributed by atoms with Gasteiger partial charge in [0.15, 0.2) is 0 Å². The Bertz CT molecular complexity index is 716.